The molecule has 0 saturated heterocycles. The zero-order chi connectivity index (χ0) is 25.2. The minimum atomic E-state index is -0.486. The standard InChI is InChI=1S/C26H22N8O2/c1-4-9-17-10-8-13-19-20(17)26(35)34(18-11-6-5-7-12-18)24(31-19)15(2)30-23-21(22(27)28-14-29-23)25-33-32-16(3)36-25/h5-8,10-15H,1-3H3,(H3,27,28,29,30). The van der Waals surface area contributed by atoms with Crippen LogP contribution in [-0.2, 0) is 0 Å². The Morgan fingerprint density at radius 3 is 2.61 bits per heavy atom. The summed E-state index contributed by atoms with van der Waals surface area (Å²) < 4.78 is 7.16. The van der Waals surface area contributed by atoms with Gasteiger partial charge in [0.15, 0.2) is 0 Å². The highest BCUT2D eigenvalue weighted by molar-refractivity contribution is 5.85. The van der Waals surface area contributed by atoms with E-state index in [9.17, 15) is 4.79 Å². The summed E-state index contributed by atoms with van der Waals surface area (Å²) in [5.74, 6) is 7.50. The Morgan fingerprint density at radius 2 is 1.89 bits per heavy atom. The second-order valence-corrected chi connectivity index (χ2v) is 8.00. The lowest BCUT2D eigenvalue weighted by Crippen LogP contribution is -2.28. The number of nitrogens with one attached hydrogen (secondary N) is 1. The van der Waals surface area contributed by atoms with Gasteiger partial charge in [0, 0.05) is 12.5 Å². The van der Waals surface area contributed by atoms with E-state index in [1.807, 2.05) is 49.4 Å². The van der Waals surface area contributed by atoms with Gasteiger partial charge in [-0.15, -0.1) is 16.1 Å². The topological polar surface area (TPSA) is 138 Å². The summed E-state index contributed by atoms with van der Waals surface area (Å²) in [6.45, 7) is 5.29. The van der Waals surface area contributed by atoms with Crippen molar-refractivity contribution in [1.82, 2.24) is 29.7 Å². The molecule has 0 radical (unpaired) electrons. The normalized spacial score (nSPS) is 11.6. The van der Waals surface area contributed by atoms with E-state index in [0.717, 1.165) is 0 Å². The van der Waals surface area contributed by atoms with Crippen LogP contribution in [0.15, 0.2) is 64.1 Å². The van der Waals surface area contributed by atoms with Gasteiger partial charge in [0.2, 0.25) is 5.89 Å². The molecule has 5 aromatic rings. The van der Waals surface area contributed by atoms with E-state index in [0.29, 0.717) is 45.3 Å². The lowest BCUT2D eigenvalue weighted by molar-refractivity contribution is 0.532. The number of aromatic nitrogens is 6. The Morgan fingerprint density at radius 1 is 1.08 bits per heavy atom. The molecule has 5 rings (SSSR count). The van der Waals surface area contributed by atoms with Gasteiger partial charge in [0.05, 0.1) is 22.6 Å². The molecule has 0 amide bonds. The van der Waals surface area contributed by atoms with Crippen molar-refractivity contribution in [3.63, 3.8) is 0 Å². The molecular formula is C26H22N8O2. The summed E-state index contributed by atoms with van der Waals surface area (Å²) in [7, 11) is 0. The van der Waals surface area contributed by atoms with Crippen LogP contribution in [0.2, 0.25) is 0 Å². The Balaban J connectivity index is 1.70. The van der Waals surface area contributed by atoms with Gasteiger partial charge in [-0.2, -0.15) is 0 Å². The molecule has 10 heteroatoms. The molecule has 0 aliphatic carbocycles. The monoisotopic (exact) mass is 478 g/mol. The van der Waals surface area contributed by atoms with E-state index in [4.69, 9.17) is 15.1 Å². The van der Waals surface area contributed by atoms with Gasteiger partial charge in [-0.1, -0.05) is 30.2 Å². The number of hydrogen-bond acceptors (Lipinski definition) is 9. The third kappa shape index (κ3) is 4.03. The molecule has 0 aliphatic rings. The highest BCUT2D eigenvalue weighted by atomic mass is 16.4. The van der Waals surface area contributed by atoms with Gasteiger partial charge < -0.3 is 15.5 Å². The molecule has 0 fully saturated rings. The Hall–Kier alpha value is -5.04. The van der Waals surface area contributed by atoms with Crippen LogP contribution in [0.1, 0.15) is 37.2 Å². The maximum atomic E-state index is 13.9. The molecule has 2 aromatic carbocycles. The van der Waals surface area contributed by atoms with Crippen LogP contribution >= 0.6 is 0 Å². The number of aryl methyl sites for hydroxylation is 1. The van der Waals surface area contributed by atoms with Gasteiger partial charge in [-0.05, 0) is 38.1 Å². The van der Waals surface area contributed by atoms with E-state index in [1.165, 1.54) is 6.33 Å². The second-order valence-electron chi connectivity index (χ2n) is 8.00. The van der Waals surface area contributed by atoms with E-state index < -0.39 is 6.04 Å². The minimum absolute atomic E-state index is 0.179. The number of nitrogens with zero attached hydrogens (tertiary/aromatic N) is 6. The summed E-state index contributed by atoms with van der Waals surface area (Å²) in [5.41, 5.74) is 8.14. The van der Waals surface area contributed by atoms with Crippen molar-refractivity contribution >= 4 is 22.5 Å². The zero-order valence-electron chi connectivity index (χ0n) is 19.9. The van der Waals surface area contributed by atoms with Gasteiger partial charge in [0.1, 0.15) is 29.4 Å². The van der Waals surface area contributed by atoms with Crippen molar-refractivity contribution in [1.29, 1.82) is 0 Å². The van der Waals surface area contributed by atoms with E-state index >= 15 is 0 Å². The third-order valence-electron chi connectivity index (χ3n) is 5.55. The van der Waals surface area contributed by atoms with Crippen LogP contribution in [0.25, 0.3) is 28.0 Å². The van der Waals surface area contributed by atoms with Crippen LogP contribution in [0.3, 0.4) is 0 Å². The van der Waals surface area contributed by atoms with Crippen molar-refractivity contribution in [3.8, 4) is 29.0 Å². The van der Waals surface area contributed by atoms with Crippen molar-refractivity contribution in [2.75, 3.05) is 11.1 Å². The molecular weight excluding hydrogens is 456 g/mol. The second kappa shape index (κ2) is 9.31. The largest absolute Gasteiger partial charge is 0.421 e. The maximum absolute atomic E-state index is 13.9. The van der Waals surface area contributed by atoms with Gasteiger partial charge in [0.25, 0.3) is 11.4 Å². The van der Waals surface area contributed by atoms with Crippen LogP contribution in [0.4, 0.5) is 11.6 Å². The summed E-state index contributed by atoms with van der Waals surface area (Å²) in [6.07, 6.45) is 1.34. The lowest BCUT2D eigenvalue weighted by Gasteiger charge is -2.21. The van der Waals surface area contributed by atoms with Gasteiger partial charge >= 0.3 is 0 Å². The predicted octanol–water partition coefficient (Wildman–Crippen LogP) is 3.66. The maximum Gasteiger partial charge on any atom is 0.267 e. The van der Waals surface area contributed by atoms with Crippen LogP contribution in [-0.4, -0.2) is 29.7 Å². The Bertz CT molecular complexity index is 1700. The molecule has 36 heavy (non-hydrogen) atoms. The summed E-state index contributed by atoms with van der Waals surface area (Å²) in [6, 6.07) is 14.3. The quantitative estimate of drug-likeness (QED) is 0.362. The third-order valence-corrected chi connectivity index (χ3v) is 5.55. The number of hydrogen-bond donors (Lipinski definition) is 2. The smallest absolute Gasteiger partial charge is 0.267 e. The fraction of sp³-hybridized carbons (Fsp3) is 0.154. The fourth-order valence-corrected chi connectivity index (χ4v) is 3.99. The average Bonchev–Trinajstić information content (AvgIpc) is 3.30. The summed E-state index contributed by atoms with van der Waals surface area (Å²) in [5, 5.41) is 11.7. The summed E-state index contributed by atoms with van der Waals surface area (Å²) in [4.78, 5) is 27.2. The first-order valence-electron chi connectivity index (χ1n) is 11.2. The first-order valence-corrected chi connectivity index (χ1v) is 11.2. The first-order chi connectivity index (χ1) is 17.5. The SMILES string of the molecule is CC#Cc1cccc2nc(C(C)Nc3ncnc(N)c3-c3nnc(C)o3)n(-c3ccccc3)c(=O)c12. The lowest BCUT2D eigenvalue weighted by atomic mass is 10.1. The fourth-order valence-electron chi connectivity index (χ4n) is 3.99. The van der Waals surface area contributed by atoms with Gasteiger partial charge in [-0.3, -0.25) is 9.36 Å². The molecule has 0 spiro atoms. The number of benzene rings is 2. The van der Waals surface area contributed by atoms with Gasteiger partial charge in [-0.25, -0.2) is 15.0 Å². The molecule has 1 unspecified atom stereocenters. The summed E-state index contributed by atoms with van der Waals surface area (Å²) >= 11 is 0. The van der Waals surface area contributed by atoms with Crippen molar-refractivity contribution in [3.05, 3.63) is 82.5 Å². The van der Waals surface area contributed by atoms with Crippen LogP contribution in [0, 0.1) is 18.8 Å². The molecule has 0 saturated carbocycles. The highest BCUT2D eigenvalue weighted by Gasteiger charge is 2.23. The van der Waals surface area contributed by atoms with Crippen LogP contribution in [0.5, 0.6) is 0 Å². The number of para-hydroxylation sites is 1. The van der Waals surface area contributed by atoms with Crippen molar-refractivity contribution in [2.45, 2.75) is 26.8 Å². The highest BCUT2D eigenvalue weighted by Crippen LogP contribution is 2.32. The molecule has 3 heterocycles. The predicted molar refractivity (Wildman–Crippen MR) is 136 cm³/mol. The number of nitrogen functional groups attached to an aromatic ring is 1. The average molecular weight is 479 g/mol. The minimum Gasteiger partial charge on any atom is -0.421 e. The molecule has 0 aliphatic heterocycles. The van der Waals surface area contributed by atoms with Crippen LogP contribution < -0.4 is 16.6 Å². The molecule has 178 valence electrons. The molecule has 1 atom stereocenters. The van der Waals surface area contributed by atoms with E-state index in [2.05, 4.69) is 37.3 Å². The van der Waals surface area contributed by atoms with E-state index in [1.54, 1.807) is 24.5 Å². The number of anilines is 2. The number of nitrogens with two attached hydrogens (primary N) is 1. The Labute approximate surface area is 206 Å². The number of rotatable bonds is 5. The van der Waals surface area contributed by atoms with E-state index in [-0.39, 0.29) is 17.3 Å². The molecule has 3 N–H and O–H groups in total. The zero-order valence-corrected chi connectivity index (χ0v) is 19.9. The first kappa shape index (κ1) is 22.7. The molecule has 10 nitrogen and oxygen atoms in total. The Kier molecular flexibility index (Phi) is 5.88. The van der Waals surface area contributed by atoms with Crippen molar-refractivity contribution in [2.24, 2.45) is 0 Å². The molecule has 0 bridgehead atoms. The molecule has 3 aromatic heterocycles. The number of fused-ring (bicyclic) bond motifs is 1. The van der Waals surface area contributed by atoms with Crippen molar-refractivity contribution < 1.29 is 4.42 Å².